The first-order valence-corrected chi connectivity index (χ1v) is 9.84. The maximum Gasteiger partial charge on any atom is 0.236 e. The van der Waals surface area contributed by atoms with E-state index in [1.807, 2.05) is 18.2 Å². The second-order valence-corrected chi connectivity index (χ2v) is 8.35. The van der Waals surface area contributed by atoms with Crippen molar-refractivity contribution in [2.45, 2.75) is 30.2 Å². The smallest absolute Gasteiger partial charge is 0.236 e. The molecule has 4 nitrogen and oxygen atoms in total. The lowest BCUT2D eigenvalue weighted by molar-refractivity contribution is -0.119. The maximum absolute atomic E-state index is 12.3. The molecule has 0 radical (unpaired) electrons. The predicted molar refractivity (Wildman–Crippen MR) is 93.8 cm³/mol. The van der Waals surface area contributed by atoms with Gasteiger partial charge < -0.3 is 5.32 Å². The highest BCUT2D eigenvalue weighted by molar-refractivity contribution is 7.92. The molecule has 1 atom stereocenters. The highest BCUT2D eigenvalue weighted by atomic mass is 35.5. The molecular formula is C18H18ClNO3S. The second kappa shape index (κ2) is 6.95. The minimum absolute atomic E-state index is 0.103. The number of aryl methyl sites for hydroxylation is 1. The number of benzene rings is 2. The number of halogens is 1. The molecule has 24 heavy (non-hydrogen) atoms. The lowest BCUT2D eigenvalue weighted by Gasteiger charge is -2.26. The van der Waals surface area contributed by atoms with Gasteiger partial charge in [0.05, 0.1) is 10.9 Å². The van der Waals surface area contributed by atoms with E-state index in [-0.39, 0.29) is 10.9 Å². The number of nitrogens with one attached hydrogen (secondary N) is 1. The zero-order valence-corrected chi connectivity index (χ0v) is 14.6. The monoisotopic (exact) mass is 363 g/mol. The Morgan fingerprint density at radius 3 is 2.58 bits per heavy atom. The zero-order valence-electron chi connectivity index (χ0n) is 13.0. The van der Waals surface area contributed by atoms with E-state index in [2.05, 4.69) is 11.4 Å². The molecule has 1 aliphatic carbocycles. The van der Waals surface area contributed by atoms with Gasteiger partial charge in [-0.1, -0.05) is 35.9 Å². The molecule has 126 valence electrons. The summed E-state index contributed by atoms with van der Waals surface area (Å²) in [5, 5.41) is 3.32. The van der Waals surface area contributed by atoms with Gasteiger partial charge >= 0.3 is 0 Å². The van der Waals surface area contributed by atoms with Gasteiger partial charge in [-0.3, -0.25) is 4.79 Å². The standard InChI is InChI=1S/C18H18ClNO3S/c19-14-8-10-15(11-9-14)24(22,23)12-18(21)20-17-7-3-5-13-4-1-2-6-16(13)17/h1-2,4,6,8-11,17H,3,5,7,12H2,(H,20,21)/t17-/m0/s1. The van der Waals surface area contributed by atoms with Gasteiger partial charge in [0.1, 0.15) is 5.75 Å². The summed E-state index contributed by atoms with van der Waals surface area (Å²) in [6.07, 6.45) is 2.79. The molecule has 0 heterocycles. The van der Waals surface area contributed by atoms with Gasteiger partial charge in [-0.25, -0.2) is 8.42 Å². The fourth-order valence-electron chi connectivity index (χ4n) is 3.04. The van der Waals surface area contributed by atoms with E-state index in [1.165, 1.54) is 29.8 Å². The Kier molecular flexibility index (Phi) is 4.92. The highest BCUT2D eigenvalue weighted by Crippen LogP contribution is 2.29. The van der Waals surface area contributed by atoms with Crippen LogP contribution < -0.4 is 5.32 Å². The first-order chi connectivity index (χ1) is 11.5. The van der Waals surface area contributed by atoms with E-state index >= 15 is 0 Å². The topological polar surface area (TPSA) is 63.2 Å². The molecule has 0 bridgehead atoms. The number of hydrogen-bond acceptors (Lipinski definition) is 3. The Balaban J connectivity index is 1.71. The Morgan fingerprint density at radius 2 is 1.83 bits per heavy atom. The van der Waals surface area contributed by atoms with Crippen molar-refractivity contribution in [3.05, 3.63) is 64.7 Å². The van der Waals surface area contributed by atoms with E-state index < -0.39 is 21.5 Å². The Labute approximate surface area is 146 Å². The van der Waals surface area contributed by atoms with Crippen molar-refractivity contribution in [1.82, 2.24) is 5.32 Å². The molecule has 0 spiro atoms. The number of hydrogen-bond donors (Lipinski definition) is 1. The summed E-state index contributed by atoms with van der Waals surface area (Å²) in [5.74, 6) is -1.04. The van der Waals surface area contributed by atoms with Crippen molar-refractivity contribution in [3.63, 3.8) is 0 Å². The van der Waals surface area contributed by atoms with Crippen LogP contribution in [0.1, 0.15) is 30.0 Å². The quantitative estimate of drug-likeness (QED) is 0.906. The van der Waals surface area contributed by atoms with Crippen LogP contribution in [0.25, 0.3) is 0 Å². The first kappa shape index (κ1) is 17.0. The van der Waals surface area contributed by atoms with Gasteiger partial charge in [-0.2, -0.15) is 0 Å². The molecule has 1 aliphatic rings. The molecule has 0 aromatic heterocycles. The van der Waals surface area contributed by atoms with Gasteiger partial charge in [0, 0.05) is 5.02 Å². The third kappa shape index (κ3) is 3.79. The maximum atomic E-state index is 12.3. The number of carbonyl (C=O) groups is 1. The molecule has 2 aromatic rings. The van der Waals surface area contributed by atoms with Crippen LogP contribution in [0.5, 0.6) is 0 Å². The van der Waals surface area contributed by atoms with Crippen LogP contribution in [0.3, 0.4) is 0 Å². The largest absolute Gasteiger partial charge is 0.348 e. The van der Waals surface area contributed by atoms with Crippen molar-refractivity contribution in [2.75, 3.05) is 5.75 Å². The molecule has 0 fully saturated rings. The van der Waals surface area contributed by atoms with Gasteiger partial charge in [0.15, 0.2) is 9.84 Å². The minimum Gasteiger partial charge on any atom is -0.348 e. The molecule has 0 aliphatic heterocycles. The Morgan fingerprint density at radius 1 is 1.12 bits per heavy atom. The molecule has 1 N–H and O–H groups in total. The highest BCUT2D eigenvalue weighted by Gasteiger charge is 2.24. The van der Waals surface area contributed by atoms with E-state index in [4.69, 9.17) is 11.6 Å². The summed E-state index contributed by atoms with van der Waals surface area (Å²) in [5.41, 5.74) is 2.30. The molecule has 1 amide bonds. The van der Waals surface area contributed by atoms with Crippen LogP contribution in [0, 0.1) is 0 Å². The summed E-state index contributed by atoms with van der Waals surface area (Å²) in [6.45, 7) is 0. The van der Waals surface area contributed by atoms with Gasteiger partial charge in [0.2, 0.25) is 5.91 Å². The average Bonchev–Trinajstić information content (AvgIpc) is 2.55. The fraction of sp³-hybridized carbons (Fsp3) is 0.278. The fourth-order valence-corrected chi connectivity index (χ4v) is 4.31. The van der Waals surface area contributed by atoms with Crippen molar-refractivity contribution in [3.8, 4) is 0 Å². The summed E-state index contributed by atoms with van der Waals surface area (Å²) in [6, 6.07) is 13.7. The number of sulfone groups is 1. The number of carbonyl (C=O) groups excluding carboxylic acids is 1. The second-order valence-electron chi connectivity index (χ2n) is 5.92. The number of fused-ring (bicyclic) bond motifs is 1. The normalized spacial score (nSPS) is 17.1. The third-order valence-corrected chi connectivity index (χ3v) is 6.08. The van der Waals surface area contributed by atoms with Crippen LogP contribution in [-0.4, -0.2) is 20.1 Å². The van der Waals surface area contributed by atoms with E-state index in [0.29, 0.717) is 5.02 Å². The van der Waals surface area contributed by atoms with Crippen molar-refractivity contribution in [1.29, 1.82) is 0 Å². The summed E-state index contributed by atoms with van der Waals surface area (Å²) >= 11 is 5.77. The number of rotatable bonds is 4. The molecule has 6 heteroatoms. The van der Waals surface area contributed by atoms with E-state index in [0.717, 1.165) is 24.8 Å². The molecule has 0 saturated carbocycles. The molecule has 0 saturated heterocycles. The minimum atomic E-state index is -3.68. The molecular weight excluding hydrogens is 346 g/mol. The van der Waals surface area contributed by atoms with Gasteiger partial charge in [-0.15, -0.1) is 0 Å². The van der Waals surface area contributed by atoms with Crippen molar-refractivity contribution < 1.29 is 13.2 Å². The van der Waals surface area contributed by atoms with Crippen molar-refractivity contribution >= 4 is 27.3 Å². The lowest BCUT2D eigenvalue weighted by Crippen LogP contribution is -2.35. The molecule has 3 rings (SSSR count). The summed E-state index contributed by atoms with van der Waals surface area (Å²) in [4.78, 5) is 12.4. The summed E-state index contributed by atoms with van der Waals surface area (Å²) < 4.78 is 24.7. The van der Waals surface area contributed by atoms with Crippen LogP contribution in [0.15, 0.2) is 53.4 Å². The Bertz CT molecular complexity index is 847. The molecule has 2 aromatic carbocycles. The third-order valence-electron chi connectivity index (χ3n) is 4.20. The lowest BCUT2D eigenvalue weighted by atomic mass is 9.88. The van der Waals surface area contributed by atoms with Crippen LogP contribution in [0.4, 0.5) is 0 Å². The summed E-state index contributed by atoms with van der Waals surface area (Å²) in [7, 11) is -3.68. The van der Waals surface area contributed by atoms with E-state index in [9.17, 15) is 13.2 Å². The molecule has 0 unspecified atom stereocenters. The zero-order chi connectivity index (χ0) is 17.2. The van der Waals surface area contributed by atoms with Gasteiger partial charge in [0.25, 0.3) is 0 Å². The van der Waals surface area contributed by atoms with Crippen LogP contribution in [-0.2, 0) is 21.1 Å². The van der Waals surface area contributed by atoms with Gasteiger partial charge in [-0.05, 0) is 54.7 Å². The first-order valence-electron chi connectivity index (χ1n) is 7.81. The number of amides is 1. The van der Waals surface area contributed by atoms with E-state index in [1.54, 1.807) is 0 Å². The van der Waals surface area contributed by atoms with Crippen LogP contribution in [0.2, 0.25) is 5.02 Å². The van der Waals surface area contributed by atoms with Crippen LogP contribution >= 0.6 is 11.6 Å². The van der Waals surface area contributed by atoms with Crippen molar-refractivity contribution in [2.24, 2.45) is 0 Å². The SMILES string of the molecule is O=C(CS(=O)(=O)c1ccc(Cl)cc1)N[C@H]1CCCc2ccccc21. The Hall–Kier alpha value is -1.85. The average molecular weight is 364 g/mol. The predicted octanol–water partition coefficient (Wildman–Crippen LogP) is 3.31.